The Balaban J connectivity index is 1.64. The highest BCUT2D eigenvalue weighted by Crippen LogP contribution is 2.31. The summed E-state index contributed by atoms with van der Waals surface area (Å²) in [7, 11) is 0. The topological polar surface area (TPSA) is 93.7 Å². The Labute approximate surface area is 196 Å². The number of ether oxygens (including phenoxy) is 2. The molecule has 1 saturated heterocycles. The number of hydrogen-bond acceptors (Lipinski definition) is 7. The van der Waals surface area contributed by atoms with E-state index >= 15 is 0 Å². The molecule has 0 spiro atoms. The zero-order valence-electron chi connectivity index (χ0n) is 16.3. The Morgan fingerprint density at radius 2 is 1.97 bits per heavy atom. The Morgan fingerprint density at radius 3 is 2.61 bits per heavy atom. The zero-order chi connectivity index (χ0) is 22.4. The maximum absolute atomic E-state index is 12.3. The first-order valence-electron chi connectivity index (χ1n) is 9.10. The summed E-state index contributed by atoms with van der Waals surface area (Å²) < 4.78 is 11.8. The van der Waals surface area contributed by atoms with Crippen molar-refractivity contribution < 1.29 is 23.9 Å². The van der Waals surface area contributed by atoms with E-state index in [1.165, 1.54) is 0 Å². The Bertz CT molecular complexity index is 1070. The van der Waals surface area contributed by atoms with Crippen molar-refractivity contribution in [2.24, 2.45) is 0 Å². The van der Waals surface area contributed by atoms with Crippen molar-refractivity contribution in [3.8, 4) is 5.75 Å². The van der Waals surface area contributed by atoms with Crippen LogP contribution in [0.25, 0.3) is 6.08 Å². The van der Waals surface area contributed by atoms with Gasteiger partial charge in [0.15, 0.2) is 6.61 Å². The standard InChI is InChI=1S/C21H17BrN2O5S2/c1-2-28-20(27)12-3-6-15(7-4-12)23-18(25)11-29-16-8-5-14(22)9-13(16)10-17-19(26)24-21(30)31-17/h3-10H,2,11H2,1H3,(H,23,25)(H,24,26,30)/b17-10-. The highest BCUT2D eigenvalue weighted by atomic mass is 79.9. The molecule has 31 heavy (non-hydrogen) atoms. The molecule has 0 bridgehead atoms. The van der Waals surface area contributed by atoms with Crippen molar-refractivity contribution in [3.63, 3.8) is 0 Å². The van der Waals surface area contributed by atoms with Crippen LogP contribution in [0.1, 0.15) is 22.8 Å². The minimum atomic E-state index is -0.421. The molecular weight excluding hydrogens is 504 g/mol. The molecule has 0 aromatic heterocycles. The fourth-order valence-corrected chi connectivity index (χ4v) is 3.98. The first-order chi connectivity index (χ1) is 14.9. The number of carbonyl (C=O) groups is 3. The SMILES string of the molecule is CCOC(=O)c1ccc(NC(=O)COc2ccc(Br)cc2/C=C2\SC(=S)NC2=O)cc1. The van der Waals surface area contributed by atoms with Crippen molar-refractivity contribution in [3.05, 3.63) is 63.0 Å². The summed E-state index contributed by atoms with van der Waals surface area (Å²) in [5.41, 5.74) is 1.55. The molecule has 1 fully saturated rings. The van der Waals surface area contributed by atoms with Gasteiger partial charge in [-0.1, -0.05) is 39.9 Å². The third-order valence-corrected chi connectivity index (χ3v) is 5.59. The monoisotopic (exact) mass is 520 g/mol. The largest absolute Gasteiger partial charge is 0.483 e. The third kappa shape index (κ3) is 6.39. The number of nitrogens with one attached hydrogen (secondary N) is 2. The number of anilines is 1. The van der Waals surface area contributed by atoms with Gasteiger partial charge in [-0.05, 0) is 55.5 Å². The van der Waals surface area contributed by atoms with Gasteiger partial charge in [-0.25, -0.2) is 4.79 Å². The molecule has 1 aliphatic heterocycles. The maximum atomic E-state index is 12.3. The van der Waals surface area contributed by atoms with Gasteiger partial charge in [-0.15, -0.1) is 0 Å². The van der Waals surface area contributed by atoms with E-state index in [2.05, 4.69) is 26.6 Å². The molecule has 160 valence electrons. The molecule has 2 aromatic carbocycles. The Kier molecular flexibility index (Phi) is 7.83. The van der Waals surface area contributed by atoms with Crippen molar-refractivity contribution in [2.45, 2.75) is 6.92 Å². The maximum Gasteiger partial charge on any atom is 0.338 e. The number of carbonyl (C=O) groups excluding carboxylic acids is 3. The lowest BCUT2D eigenvalue weighted by Crippen LogP contribution is -2.20. The van der Waals surface area contributed by atoms with Gasteiger partial charge < -0.3 is 20.1 Å². The van der Waals surface area contributed by atoms with Gasteiger partial charge in [0.2, 0.25) is 0 Å². The van der Waals surface area contributed by atoms with Gasteiger partial charge in [0.05, 0.1) is 17.1 Å². The van der Waals surface area contributed by atoms with Crippen LogP contribution in [0, 0.1) is 0 Å². The fraction of sp³-hybridized carbons (Fsp3) is 0.143. The van der Waals surface area contributed by atoms with E-state index in [-0.39, 0.29) is 18.4 Å². The normalized spacial score (nSPS) is 14.3. The van der Waals surface area contributed by atoms with E-state index in [1.807, 2.05) is 0 Å². The average molecular weight is 521 g/mol. The van der Waals surface area contributed by atoms with Crippen LogP contribution >= 0.6 is 39.9 Å². The summed E-state index contributed by atoms with van der Waals surface area (Å²) in [6.07, 6.45) is 1.66. The first-order valence-corrected chi connectivity index (χ1v) is 11.1. The van der Waals surface area contributed by atoms with E-state index in [0.717, 1.165) is 16.2 Å². The van der Waals surface area contributed by atoms with Crippen LogP contribution in [0.5, 0.6) is 5.75 Å². The quantitative estimate of drug-likeness (QED) is 0.322. The second-order valence-electron chi connectivity index (χ2n) is 6.17. The minimum absolute atomic E-state index is 0.241. The average Bonchev–Trinajstić information content (AvgIpc) is 3.05. The molecule has 2 N–H and O–H groups in total. The van der Waals surface area contributed by atoms with Crippen LogP contribution in [-0.4, -0.2) is 35.3 Å². The van der Waals surface area contributed by atoms with Gasteiger partial charge in [0.25, 0.3) is 11.8 Å². The van der Waals surface area contributed by atoms with Crippen LogP contribution in [0.3, 0.4) is 0 Å². The summed E-state index contributed by atoms with van der Waals surface area (Å²) in [6.45, 7) is 1.78. The van der Waals surface area contributed by atoms with Crippen molar-refractivity contribution >= 4 is 73.8 Å². The lowest BCUT2D eigenvalue weighted by Gasteiger charge is -2.11. The van der Waals surface area contributed by atoms with E-state index in [0.29, 0.717) is 38.4 Å². The minimum Gasteiger partial charge on any atom is -0.483 e. The zero-order valence-corrected chi connectivity index (χ0v) is 19.5. The molecule has 7 nitrogen and oxygen atoms in total. The number of benzene rings is 2. The van der Waals surface area contributed by atoms with Crippen LogP contribution < -0.4 is 15.4 Å². The summed E-state index contributed by atoms with van der Waals surface area (Å²) in [5, 5.41) is 5.26. The lowest BCUT2D eigenvalue weighted by atomic mass is 10.2. The summed E-state index contributed by atoms with van der Waals surface area (Å²) in [6, 6.07) is 11.6. The number of hydrogen-bond donors (Lipinski definition) is 2. The number of amides is 2. The smallest absolute Gasteiger partial charge is 0.338 e. The summed E-state index contributed by atoms with van der Waals surface area (Å²) in [4.78, 5) is 36.3. The van der Waals surface area contributed by atoms with Gasteiger partial charge in [0.1, 0.15) is 10.1 Å². The molecule has 0 saturated carbocycles. The predicted octanol–water partition coefficient (Wildman–Crippen LogP) is 4.13. The fourth-order valence-electron chi connectivity index (χ4n) is 2.57. The predicted molar refractivity (Wildman–Crippen MR) is 127 cm³/mol. The Morgan fingerprint density at radius 1 is 1.23 bits per heavy atom. The molecule has 1 aliphatic rings. The molecular formula is C21H17BrN2O5S2. The molecule has 3 rings (SSSR count). The van der Waals surface area contributed by atoms with E-state index in [9.17, 15) is 14.4 Å². The van der Waals surface area contributed by atoms with Gasteiger partial charge in [-0.2, -0.15) is 0 Å². The second-order valence-corrected chi connectivity index (χ2v) is 8.80. The van der Waals surface area contributed by atoms with Crippen molar-refractivity contribution in [1.82, 2.24) is 5.32 Å². The van der Waals surface area contributed by atoms with Gasteiger partial charge >= 0.3 is 5.97 Å². The molecule has 0 unspecified atom stereocenters. The molecule has 1 heterocycles. The number of halogens is 1. The van der Waals surface area contributed by atoms with Gasteiger partial charge in [-0.3, -0.25) is 9.59 Å². The molecule has 0 radical (unpaired) electrons. The second kappa shape index (κ2) is 10.6. The van der Waals surface area contributed by atoms with Gasteiger partial charge in [0, 0.05) is 15.7 Å². The number of thioether (sulfide) groups is 1. The third-order valence-electron chi connectivity index (χ3n) is 3.94. The summed E-state index contributed by atoms with van der Waals surface area (Å²) >= 11 is 9.56. The van der Waals surface area contributed by atoms with E-state index in [1.54, 1.807) is 55.5 Å². The molecule has 0 aliphatic carbocycles. The molecule has 10 heteroatoms. The van der Waals surface area contributed by atoms with Crippen LogP contribution in [-0.2, 0) is 14.3 Å². The number of esters is 1. The highest BCUT2D eigenvalue weighted by Gasteiger charge is 2.22. The first kappa shape index (κ1) is 23.0. The molecule has 0 atom stereocenters. The van der Waals surface area contributed by atoms with E-state index < -0.39 is 5.97 Å². The Hall–Kier alpha value is -2.69. The van der Waals surface area contributed by atoms with E-state index in [4.69, 9.17) is 21.7 Å². The van der Waals surface area contributed by atoms with Crippen molar-refractivity contribution in [2.75, 3.05) is 18.5 Å². The molecule has 2 aromatic rings. The van der Waals surface area contributed by atoms with Crippen LogP contribution in [0.2, 0.25) is 0 Å². The number of thiocarbonyl (C=S) groups is 1. The highest BCUT2D eigenvalue weighted by molar-refractivity contribution is 9.10. The van der Waals surface area contributed by atoms with Crippen LogP contribution in [0.15, 0.2) is 51.8 Å². The number of rotatable bonds is 7. The van der Waals surface area contributed by atoms with Crippen LogP contribution in [0.4, 0.5) is 5.69 Å². The molecule has 2 amide bonds. The summed E-state index contributed by atoms with van der Waals surface area (Å²) in [5.74, 6) is -0.630. The van der Waals surface area contributed by atoms with Crippen molar-refractivity contribution in [1.29, 1.82) is 0 Å². The lowest BCUT2D eigenvalue weighted by molar-refractivity contribution is -0.118.